The van der Waals surface area contributed by atoms with E-state index in [0.717, 1.165) is 45.0 Å². The molecule has 0 amide bonds. The predicted molar refractivity (Wildman–Crippen MR) is 96.5 cm³/mol. The van der Waals surface area contributed by atoms with Crippen LogP contribution in [0.2, 0.25) is 0 Å². The van der Waals surface area contributed by atoms with Gasteiger partial charge in [-0.05, 0) is 55.8 Å². The van der Waals surface area contributed by atoms with E-state index in [1.165, 1.54) is 0 Å². The van der Waals surface area contributed by atoms with E-state index < -0.39 is 0 Å². The summed E-state index contributed by atoms with van der Waals surface area (Å²) >= 11 is 0. The zero-order valence-electron chi connectivity index (χ0n) is 13.5. The van der Waals surface area contributed by atoms with Gasteiger partial charge in [0.1, 0.15) is 5.75 Å². The van der Waals surface area contributed by atoms with Crippen molar-refractivity contribution in [3.05, 3.63) is 48.0 Å². The maximum absolute atomic E-state index is 5.49. The first-order chi connectivity index (χ1) is 11.2. The molecule has 1 aliphatic rings. The third kappa shape index (κ3) is 2.85. The second-order valence-electron chi connectivity index (χ2n) is 5.50. The molecule has 5 heteroatoms. The van der Waals surface area contributed by atoms with E-state index in [9.17, 15) is 0 Å². The van der Waals surface area contributed by atoms with E-state index in [0.29, 0.717) is 6.61 Å². The summed E-state index contributed by atoms with van der Waals surface area (Å²) in [5, 5.41) is 1.09. The van der Waals surface area contributed by atoms with Gasteiger partial charge >= 0.3 is 0 Å². The highest BCUT2D eigenvalue weighted by Crippen LogP contribution is 2.37. The van der Waals surface area contributed by atoms with Crippen molar-refractivity contribution in [3.63, 3.8) is 0 Å². The lowest BCUT2D eigenvalue weighted by Crippen LogP contribution is -1.92. The van der Waals surface area contributed by atoms with Gasteiger partial charge in [-0.2, -0.15) is 0 Å². The molecule has 0 atom stereocenters. The Balaban J connectivity index is 0.00000169. The molecular formula is C19H18ClNO3. The molecule has 4 nitrogen and oxygen atoms in total. The number of nitrogens with zero attached hydrogens (tertiary/aromatic N) is 1. The Bertz CT molecular complexity index is 878. The summed E-state index contributed by atoms with van der Waals surface area (Å²) < 4.78 is 16.4. The third-order valence-electron chi connectivity index (χ3n) is 3.97. The van der Waals surface area contributed by atoms with Gasteiger partial charge in [0.25, 0.3) is 0 Å². The molecule has 124 valence electrons. The van der Waals surface area contributed by atoms with Crippen LogP contribution in [-0.4, -0.2) is 18.4 Å². The van der Waals surface area contributed by atoms with Crippen LogP contribution in [-0.2, 0) is 0 Å². The van der Waals surface area contributed by atoms with Crippen molar-refractivity contribution in [1.82, 2.24) is 4.98 Å². The molecule has 0 unspecified atom stereocenters. The topological polar surface area (TPSA) is 40.6 Å². The molecule has 0 spiro atoms. The van der Waals surface area contributed by atoms with Crippen molar-refractivity contribution >= 4 is 23.3 Å². The van der Waals surface area contributed by atoms with Crippen LogP contribution < -0.4 is 14.2 Å². The number of ether oxygens (including phenoxy) is 3. The van der Waals surface area contributed by atoms with Gasteiger partial charge in [-0.15, -0.1) is 12.4 Å². The number of halogens is 1. The van der Waals surface area contributed by atoms with Gasteiger partial charge in [-0.1, -0.05) is 0 Å². The molecule has 24 heavy (non-hydrogen) atoms. The number of aryl methyl sites for hydroxylation is 1. The zero-order chi connectivity index (χ0) is 15.8. The van der Waals surface area contributed by atoms with E-state index in [4.69, 9.17) is 19.2 Å². The van der Waals surface area contributed by atoms with Gasteiger partial charge in [0.05, 0.1) is 17.8 Å². The number of rotatable bonds is 3. The minimum Gasteiger partial charge on any atom is -0.494 e. The van der Waals surface area contributed by atoms with E-state index in [-0.39, 0.29) is 19.2 Å². The van der Waals surface area contributed by atoms with Crippen LogP contribution in [0.25, 0.3) is 22.2 Å². The van der Waals surface area contributed by atoms with Crippen molar-refractivity contribution in [2.45, 2.75) is 13.8 Å². The summed E-state index contributed by atoms with van der Waals surface area (Å²) in [6.45, 7) is 5.01. The minimum atomic E-state index is 0. The Kier molecular flexibility index (Phi) is 4.49. The van der Waals surface area contributed by atoms with Crippen LogP contribution in [0.3, 0.4) is 0 Å². The van der Waals surface area contributed by atoms with Crippen LogP contribution in [0.4, 0.5) is 0 Å². The molecule has 4 rings (SSSR count). The van der Waals surface area contributed by atoms with Crippen molar-refractivity contribution < 1.29 is 14.2 Å². The largest absolute Gasteiger partial charge is 0.494 e. The Morgan fingerprint density at radius 2 is 1.75 bits per heavy atom. The molecule has 1 aliphatic heterocycles. The normalized spacial score (nSPS) is 12.1. The molecule has 0 saturated heterocycles. The number of pyridine rings is 1. The summed E-state index contributed by atoms with van der Waals surface area (Å²) in [5.74, 6) is 2.42. The van der Waals surface area contributed by atoms with Crippen LogP contribution >= 0.6 is 12.4 Å². The number of benzene rings is 2. The first-order valence-corrected chi connectivity index (χ1v) is 7.69. The lowest BCUT2D eigenvalue weighted by Gasteiger charge is -2.09. The van der Waals surface area contributed by atoms with Gasteiger partial charge in [-0.25, -0.2) is 4.98 Å². The Morgan fingerprint density at radius 1 is 1.04 bits per heavy atom. The Morgan fingerprint density at radius 3 is 2.46 bits per heavy atom. The second-order valence-corrected chi connectivity index (χ2v) is 5.50. The fourth-order valence-corrected chi connectivity index (χ4v) is 2.82. The number of fused-ring (bicyclic) bond motifs is 2. The smallest absolute Gasteiger partial charge is 0.231 e. The van der Waals surface area contributed by atoms with Crippen molar-refractivity contribution in [2.75, 3.05) is 13.4 Å². The van der Waals surface area contributed by atoms with Crippen LogP contribution in [0.5, 0.6) is 17.2 Å². The molecule has 0 fully saturated rings. The third-order valence-corrected chi connectivity index (χ3v) is 3.97. The SMILES string of the molecule is CCOc1ccc(-c2cc(C)c3cc4c(cc3n2)OCO4)cc1.Cl. The van der Waals surface area contributed by atoms with E-state index >= 15 is 0 Å². The van der Waals surface area contributed by atoms with E-state index in [2.05, 4.69) is 13.0 Å². The number of aromatic nitrogens is 1. The number of hydrogen-bond acceptors (Lipinski definition) is 4. The molecule has 2 heterocycles. The maximum Gasteiger partial charge on any atom is 0.231 e. The maximum atomic E-state index is 5.49. The molecule has 0 radical (unpaired) electrons. The molecule has 0 aliphatic carbocycles. The second kappa shape index (κ2) is 6.57. The highest BCUT2D eigenvalue weighted by molar-refractivity contribution is 5.88. The molecule has 3 aromatic rings. The van der Waals surface area contributed by atoms with E-state index in [1.54, 1.807) is 0 Å². The summed E-state index contributed by atoms with van der Waals surface area (Å²) in [6, 6.07) is 14.1. The first kappa shape index (κ1) is 16.4. The molecule has 0 bridgehead atoms. The lowest BCUT2D eigenvalue weighted by atomic mass is 10.0. The van der Waals surface area contributed by atoms with Gasteiger partial charge in [0.2, 0.25) is 6.79 Å². The lowest BCUT2D eigenvalue weighted by molar-refractivity contribution is 0.174. The predicted octanol–water partition coefficient (Wildman–Crippen LogP) is 4.76. The summed E-state index contributed by atoms with van der Waals surface area (Å²) in [5.41, 5.74) is 4.09. The monoisotopic (exact) mass is 343 g/mol. The molecule has 0 N–H and O–H groups in total. The van der Waals surface area contributed by atoms with Gasteiger partial charge in [0, 0.05) is 17.0 Å². The fourth-order valence-electron chi connectivity index (χ4n) is 2.82. The Hall–Kier alpha value is -2.46. The van der Waals surface area contributed by atoms with Gasteiger partial charge in [-0.3, -0.25) is 0 Å². The molecule has 1 aromatic heterocycles. The molecule has 2 aromatic carbocycles. The summed E-state index contributed by atoms with van der Waals surface area (Å²) in [7, 11) is 0. The van der Waals surface area contributed by atoms with Gasteiger partial charge < -0.3 is 14.2 Å². The van der Waals surface area contributed by atoms with Crippen molar-refractivity contribution in [2.24, 2.45) is 0 Å². The summed E-state index contributed by atoms with van der Waals surface area (Å²) in [4.78, 5) is 4.78. The van der Waals surface area contributed by atoms with Crippen molar-refractivity contribution in [3.8, 4) is 28.5 Å². The number of hydrogen-bond donors (Lipinski definition) is 0. The average molecular weight is 344 g/mol. The summed E-state index contributed by atoms with van der Waals surface area (Å²) in [6.07, 6.45) is 0. The van der Waals surface area contributed by atoms with Crippen LogP contribution in [0.1, 0.15) is 12.5 Å². The standard InChI is InChI=1S/C19H17NO3.ClH/c1-3-21-14-6-4-13(5-7-14)16-8-12(2)15-9-18-19(23-11-22-18)10-17(15)20-16;/h4-10H,3,11H2,1-2H3;1H. The average Bonchev–Trinajstić information content (AvgIpc) is 3.01. The minimum absolute atomic E-state index is 0. The Labute approximate surface area is 146 Å². The van der Waals surface area contributed by atoms with Crippen molar-refractivity contribution in [1.29, 1.82) is 0 Å². The quantitative estimate of drug-likeness (QED) is 0.687. The zero-order valence-corrected chi connectivity index (χ0v) is 14.4. The highest BCUT2D eigenvalue weighted by atomic mass is 35.5. The van der Waals surface area contributed by atoms with Crippen LogP contribution in [0, 0.1) is 6.92 Å². The molecule has 0 saturated carbocycles. The first-order valence-electron chi connectivity index (χ1n) is 7.69. The van der Waals surface area contributed by atoms with Crippen LogP contribution in [0.15, 0.2) is 42.5 Å². The highest BCUT2D eigenvalue weighted by Gasteiger charge is 2.16. The fraction of sp³-hybridized carbons (Fsp3) is 0.211. The van der Waals surface area contributed by atoms with Gasteiger partial charge in [0.15, 0.2) is 11.5 Å². The molecular weight excluding hydrogens is 326 g/mol. The van der Waals surface area contributed by atoms with E-state index in [1.807, 2.05) is 43.3 Å².